The Morgan fingerprint density at radius 3 is 2.65 bits per heavy atom. The van der Waals surface area contributed by atoms with E-state index in [-0.39, 0.29) is 5.41 Å². The summed E-state index contributed by atoms with van der Waals surface area (Å²) in [6, 6.07) is 1.07. The average Bonchev–Trinajstić information content (AvgIpc) is 2.88. The van der Waals surface area contributed by atoms with E-state index in [1.54, 1.807) is 0 Å². The second-order valence-corrected chi connectivity index (χ2v) is 6.54. The first-order chi connectivity index (χ1) is 8.12. The van der Waals surface area contributed by atoms with E-state index in [4.69, 9.17) is 0 Å². The number of likely N-dealkylation sites (tertiary alicyclic amines) is 1. The summed E-state index contributed by atoms with van der Waals surface area (Å²) < 4.78 is 0. The summed E-state index contributed by atoms with van der Waals surface area (Å²) in [7, 11) is 0. The first kappa shape index (κ1) is 11.5. The van der Waals surface area contributed by atoms with Crippen molar-refractivity contribution in [3.63, 3.8) is 0 Å². The quantitative estimate of drug-likeness (QED) is 0.752. The fourth-order valence-electron chi connectivity index (χ4n) is 4.17. The number of amides is 1. The lowest BCUT2D eigenvalue weighted by atomic mass is 9.76. The minimum Gasteiger partial charge on any atom is -0.336 e. The zero-order valence-electron chi connectivity index (χ0n) is 11.0. The van der Waals surface area contributed by atoms with E-state index in [1.165, 1.54) is 25.7 Å². The van der Waals surface area contributed by atoms with Crippen molar-refractivity contribution in [3.8, 4) is 0 Å². The molecule has 2 unspecified atom stereocenters. The van der Waals surface area contributed by atoms with Gasteiger partial charge in [0.1, 0.15) is 0 Å². The second kappa shape index (κ2) is 3.98. The largest absolute Gasteiger partial charge is 0.336 e. The lowest BCUT2D eigenvalue weighted by Gasteiger charge is -2.36. The number of carbonyl (C=O) groups is 1. The van der Waals surface area contributed by atoms with Crippen molar-refractivity contribution in [3.05, 3.63) is 0 Å². The fraction of sp³-hybridized carbons (Fsp3) is 0.929. The van der Waals surface area contributed by atoms with Crippen molar-refractivity contribution >= 4 is 5.91 Å². The maximum atomic E-state index is 12.7. The lowest BCUT2D eigenvalue weighted by Crippen LogP contribution is -2.48. The molecule has 2 saturated heterocycles. The predicted octanol–water partition coefficient (Wildman–Crippen LogP) is 1.78. The Hall–Kier alpha value is -0.570. The molecule has 1 amide bonds. The third kappa shape index (κ3) is 1.62. The fourth-order valence-corrected chi connectivity index (χ4v) is 4.17. The number of hydrogen-bond donors (Lipinski definition) is 1. The highest BCUT2D eigenvalue weighted by atomic mass is 16.2. The van der Waals surface area contributed by atoms with Gasteiger partial charge in [0.15, 0.2) is 0 Å². The van der Waals surface area contributed by atoms with Crippen molar-refractivity contribution in [2.24, 2.45) is 11.3 Å². The maximum absolute atomic E-state index is 12.7. The summed E-state index contributed by atoms with van der Waals surface area (Å²) in [6.07, 6.45) is 6.24. The first-order valence-corrected chi connectivity index (χ1v) is 7.16. The number of carbonyl (C=O) groups excluding carboxylic acids is 1. The summed E-state index contributed by atoms with van der Waals surface area (Å²) in [5.74, 6) is 0.937. The van der Waals surface area contributed by atoms with Gasteiger partial charge in [-0.05, 0) is 25.8 Å². The van der Waals surface area contributed by atoms with Crippen molar-refractivity contribution < 1.29 is 4.79 Å². The van der Waals surface area contributed by atoms with Crippen LogP contribution in [0.1, 0.15) is 46.0 Å². The molecule has 3 rings (SSSR count). The number of fused-ring (bicyclic) bond motifs is 1. The number of piperidine rings is 1. The van der Waals surface area contributed by atoms with E-state index in [0.29, 0.717) is 23.9 Å². The zero-order valence-corrected chi connectivity index (χ0v) is 11.0. The summed E-state index contributed by atoms with van der Waals surface area (Å²) in [6.45, 7) is 6.39. The molecule has 3 aliphatic rings. The van der Waals surface area contributed by atoms with Crippen LogP contribution in [-0.2, 0) is 4.79 Å². The lowest BCUT2D eigenvalue weighted by molar-refractivity contribution is -0.137. The molecule has 17 heavy (non-hydrogen) atoms. The van der Waals surface area contributed by atoms with Crippen LogP contribution in [0, 0.1) is 11.3 Å². The van der Waals surface area contributed by atoms with Gasteiger partial charge in [0, 0.05) is 30.0 Å². The van der Waals surface area contributed by atoms with Crippen LogP contribution in [0.3, 0.4) is 0 Å². The Kier molecular flexibility index (Phi) is 2.69. The summed E-state index contributed by atoms with van der Waals surface area (Å²) >= 11 is 0. The van der Waals surface area contributed by atoms with Crippen molar-refractivity contribution in [1.82, 2.24) is 10.2 Å². The predicted molar refractivity (Wildman–Crippen MR) is 67.6 cm³/mol. The minimum atomic E-state index is -0.152. The molecule has 0 aromatic rings. The van der Waals surface area contributed by atoms with Gasteiger partial charge in [0.25, 0.3) is 0 Å². The highest BCUT2D eigenvalue weighted by Crippen LogP contribution is 2.46. The molecule has 3 fully saturated rings. The molecule has 2 heterocycles. The van der Waals surface area contributed by atoms with Gasteiger partial charge < -0.3 is 10.2 Å². The van der Waals surface area contributed by atoms with E-state index in [1.807, 2.05) is 0 Å². The van der Waals surface area contributed by atoms with E-state index in [2.05, 4.69) is 24.1 Å². The number of nitrogens with zero attached hydrogens (tertiary/aromatic N) is 1. The Bertz CT molecular complexity index is 320. The average molecular weight is 236 g/mol. The minimum absolute atomic E-state index is 0.152. The van der Waals surface area contributed by atoms with Gasteiger partial charge in [-0.3, -0.25) is 4.79 Å². The van der Waals surface area contributed by atoms with Gasteiger partial charge in [0.2, 0.25) is 5.91 Å². The van der Waals surface area contributed by atoms with Crippen LogP contribution in [-0.4, -0.2) is 36.0 Å². The van der Waals surface area contributed by atoms with Gasteiger partial charge >= 0.3 is 0 Å². The van der Waals surface area contributed by atoms with Crippen molar-refractivity contribution in [2.75, 3.05) is 13.1 Å². The second-order valence-electron chi connectivity index (χ2n) is 6.54. The van der Waals surface area contributed by atoms with Crippen LogP contribution in [0.25, 0.3) is 0 Å². The standard InChI is InChI=1S/C14H24N2O/c1-14(2)11-9-15-8-7-12(11)16(13(14)17)10-5-3-4-6-10/h10-12,15H,3-9H2,1-2H3. The Labute approximate surface area is 104 Å². The van der Waals surface area contributed by atoms with Gasteiger partial charge in [-0.2, -0.15) is 0 Å². The summed E-state index contributed by atoms with van der Waals surface area (Å²) in [5, 5.41) is 3.46. The van der Waals surface area contributed by atoms with Crippen molar-refractivity contribution in [1.29, 1.82) is 0 Å². The van der Waals surface area contributed by atoms with Gasteiger partial charge in [-0.1, -0.05) is 26.7 Å². The van der Waals surface area contributed by atoms with Gasteiger partial charge in [-0.25, -0.2) is 0 Å². The van der Waals surface area contributed by atoms with Gasteiger partial charge in [-0.15, -0.1) is 0 Å². The zero-order chi connectivity index (χ0) is 12.0. The molecule has 0 spiro atoms. The molecule has 1 saturated carbocycles. The third-order valence-corrected chi connectivity index (χ3v) is 5.23. The highest BCUT2D eigenvalue weighted by molar-refractivity contribution is 5.85. The number of hydrogen-bond acceptors (Lipinski definition) is 2. The molecule has 2 atom stereocenters. The molecular weight excluding hydrogens is 212 g/mol. The van der Waals surface area contributed by atoms with Gasteiger partial charge in [0.05, 0.1) is 0 Å². The Morgan fingerprint density at radius 1 is 1.24 bits per heavy atom. The van der Waals surface area contributed by atoms with E-state index in [9.17, 15) is 4.79 Å². The summed E-state index contributed by atoms with van der Waals surface area (Å²) in [4.78, 5) is 15.0. The van der Waals surface area contributed by atoms with Crippen LogP contribution in [0.5, 0.6) is 0 Å². The van der Waals surface area contributed by atoms with Crippen molar-refractivity contribution in [2.45, 2.75) is 58.0 Å². The summed E-state index contributed by atoms with van der Waals surface area (Å²) in [5.41, 5.74) is -0.152. The number of nitrogens with one attached hydrogen (secondary N) is 1. The first-order valence-electron chi connectivity index (χ1n) is 7.16. The molecule has 96 valence electrons. The molecule has 0 aromatic carbocycles. The molecule has 3 heteroatoms. The van der Waals surface area contributed by atoms with E-state index in [0.717, 1.165) is 19.5 Å². The molecule has 0 radical (unpaired) electrons. The SMILES string of the molecule is CC1(C)C(=O)N(C2CCCC2)C2CCNCC21. The molecular formula is C14H24N2O. The molecule has 0 aromatic heterocycles. The number of rotatable bonds is 1. The van der Waals surface area contributed by atoms with Crippen LogP contribution in [0.15, 0.2) is 0 Å². The Balaban J connectivity index is 1.89. The van der Waals surface area contributed by atoms with E-state index >= 15 is 0 Å². The maximum Gasteiger partial charge on any atom is 0.229 e. The topological polar surface area (TPSA) is 32.3 Å². The molecule has 3 nitrogen and oxygen atoms in total. The molecule has 2 aliphatic heterocycles. The monoisotopic (exact) mass is 236 g/mol. The van der Waals surface area contributed by atoms with Crippen LogP contribution in [0.4, 0.5) is 0 Å². The van der Waals surface area contributed by atoms with E-state index < -0.39 is 0 Å². The molecule has 0 bridgehead atoms. The van der Waals surface area contributed by atoms with Crippen LogP contribution in [0.2, 0.25) is 0 Å². The van der Waals surface area contributed by atoms with Crippen LogP contribution >= 0.6 is 0 Å². The molecule has 1 N–H and O–H groups in total. The normalized spacial score (nSPS) is 37.5. The third-order valence-electron chi connectivity index (χ3n) is 5.23. The molecule has 1 aliphatic carbocycles. The smallest absolute Gasteiger partial charge is 0.229 e. The highest BCUT2D eigenvalue weighted by Gasteiger charge is 2.55. The van der Waals surface area contributed by atoms with Crippen LogP contribution < -0.4 is 5.32 Å². The Morgan fingerprint density at radius 2 is 1.94 bits per heavy atom.